The molecule has 0 bridgehead atoms. The van der Waals surface area contributed by atoms with Crippen LogP contribution in [0.5, 0.6) is 5.88 Å². The first-order valence-electron chi connectivity index (χ1n) is 6.51. The number of hydrogen-bond donors (Lipinski definition) is 0. The average molecular weight is 236 g/mol. The first-order chi connectivity index (χ1) is 8.04. The lowest BCUT2D eigenvalue weighted by Crippen LogP contribution is -2.10. The lowest BCUT2D eigenvalue weighted by molar-refractivity contribution is 0.257. The van der Waals surface area contributed by atoms with Gasteiger partial charge in [-0.1, -0.05) is 27.2 Å². The topological polar surface area (TPSA) is 35.0 Å². The van der Waals surface area contributed by atoms with E-state index < -0.39 is 0 Å². The lowest BCUT2D eigenvalue weighted by atomic mass is 10.1. The molecule has 1 aromatic heterocycles. The Hall–Kier alpha value is -1.12. The van der Waals surface area contributed by atoms with Gasteiger partial charge in [0.2, 0.25) is 5.88 Å². The summed E-state index contributed by atoms with van der Waals surface area (Å²) in [5.41, 5.74) is 2.24. The fraction of sp³-hybridized carbons (Fsp3) is 0.714. The highest BCUT2D eigenvalue weighted by molar-refractivity contribution is 5.30. The van der Waals surface area contributed by atoms with E-state index in [9.17, 15) is 0 Å². The van der Waals surface area contributed by atoms with Gasteiger partial charge in [-0.05, 0) is 32.6 Å². The quantitative estimate of drug-likeness (QED) is 0.758. The zero-order valence-corrected chi connectivity index (χ0v) is 11.7. The summed E-state index contributed by atoms with van der Waals surface area (Å²) in [5.74, 6) is 2.10. The van der Waals surface area contributed by atoms with E-state index in [0.717, 1.165) is 36.8 Å². The van der Waals surface area contributed by atoms with Crippen molar-refractivity contribution in [2.24, 2.45) is 5.92 Å². The molecule has 1 heterocycles. The summed E-state index contributed by atoms with van der Waals surface area (Å²) in [7, 11) is 0. The van der Waals surface area contributed by atoms with Crippen LogP contribution >= 0.6 is 0 Å². The molecule has 17 heavy (non-hydrogen) atoms. The molecule has 0 aliphatic rings. The van der Waals surface area contributed by atoms with Crippen LogP contribution in [0.1, 0.15) is 50.7 Å². The number of unbranched alkanes of at least 4 members (excludes halogenated alkanes) is 1. The molecule has 0 aliphatic heterocycles. The minimum atomic E-state index is 0.518. The normalized spacial score (nSPS) is 10.9. The van der Waals surface area contributed by atoms with E-state index in [0.29, 0.717) is 5.92 Å². The lowest BCUT2D eigenvalue weighted by Gasteiger charge is -2.14. The van der Waals surface area contributed by atoms with Gasteiger partial charge in [-0.2, -0.15) is 4.98 Å². The van der Waals surface area contributed by atoms with Crippen LogP contribution in [-0.2, 0) is 6.42 Å². The first kappa shape index (κ1) is 13.9. The molecule has 0 atom stereocenters. The van der Waals surface area contributed by atoms with E-state index in [1.807, 2.05) is 13.8 Å². The largest absolute Gasteiger partial charge is 0.477 e. The summed E-state index contributed by atoms with van der Waals surface area (Å²) in [5, 5.41) is 0. The fourth-order valence-corrected chi connectivity index (χ4v) is 1.71. The van der Waals surface area contributed by atoms with Gasteiger partial charge in [0.25, 0.3) is 0 Å². The Kier molecular flexibility index (Phi) is 5.39. The molecule has 0 aliphatic carbocycles. The van der Waals surface area contributed by atoms with Crippen molar-refractivity contribution in [3.8, 4) is 5.88 Å². The predicted molar refractivity (Wildman–Crippen MR) is 70.5 cm³/mol. The van der Waals surface area contributed by atoms with Crippen molar-refractivity contribution in [1.82, 2.24) is 9.97 Å². The maximum atomic E-state index is 5.81. The van der Waals surface area contributed by atoms with Gasteiger partial charge in [0.1, 0.15) is 5.82 Å². The van der Waals surface area contributed by atoms with Crippen molar-refractivity contribution >= 4 is 0 Å². The fourth-order valence-electron chi connectivity index (χ4n) is 1.71. The zero-order chi connectivity index (χ0) is 12.8. The van der Waals surface area contributed by atoms with Gasteiger partial charge in [-0.3, -0.25) is 0 Å². The summed E-state index contributed by atoms with van der Waals surface area (Å²) in [6.45, 7) is 11.2. The Labute approximate surface area is 105 Å². The van der Waals surface area contributed by atoms with E-state index in [2.05, 4.69) is 30.7 Å². The summed E-state index contributed by atoms with van der Waals surface area (Å²) < 4.78 is 5.81. The van der Waals surface area contributed by atoms with Gasteiger partial charge < -0.3 is 4.74 Å². The van der Waals surface area contributed by atoms with Gasteiger partial charge in [-0.25, -0.2) is 4.98 Å². The third kappa shape index (κ3) is 4.33. The third-order valence-corrected chi connectivity index (χ3v) is 2.62. The van der Waals surface area contributed by atoms with Gasteiger partial charge in [0.05, 0.1) is 6.61 Å². The highest BCUT2D eigenvalue weighted by atomic mass is 16.5. The van der Waals surface area contributed by atoms with Crippen LogP contribution in [-0.4, -0.2) is 16.6 Å². The SMILES string of the molecule is CCCCc1c(C)nc(C)nc1OCC(C)C. The van der Waals surface area contributed by atoms with E-state index >= 15 is 0 Å². The molecule has 0 amide bonds. The highest BCUT2D eigenvalue weighted by Crippen LogP contribution is 2.21. The van der Waals surface area contributed by atoms with Crippen molar-refractivity contribution in [2.75, 3.05) is 6.61 Å². The third-order valence-electron chi connectivity index (χ3n) is 2.62. The molecule has 0 radical (unpaired) electrons. The van der Waals surface area contributed by atoms with Crippen LogP contribution in [0.25, 0.3) is 0 Å². The van der Waals surface area contributed by atoms with Gasteiger partial charge >= 0.3 is 0 Å². The Morgan fingerprint density at radius 3 is 2.47 bits per heavy atom. The summed E-state index contributed by atoms with van der Waals surface area (Å²) in [4.78, 5) is 8.85. The number of aromatic nitrogens is 2. The molecule has 1 rings (SSSR count). The predicted octanol–water partition coefficient (Wildman–Crippen LogP) is 3.47. The molecule has 3 heteroatoms. The molecule has 96 valence electrons. The molecule has 0 unspecified atom stereocenters. The molecule has 0 N–H and O–H groups in total. The molecular weight excluding hydrogens is 212 g/mol. The van der Waals surface area contributed by atoms with Gasteiger partial charge in [0.15, 0.2) is 0 Å². The summed E-state index contributed by atoms with van der Waals surface area (Å²) >= 11 is 0. The number of nitrogens with zero attached hydrogens (tertiary/aromatic N) is 2. The van der Waals surface area contributed by atoms with Gasteiger partial charge in [0, 0.05) is 11.3 Å². The van der Waals surface area contributed by atoms with Crippen molar-refractivity contribution in [3.05, 3.63) is 17.1 Å². The van der Waals surface area contributed by atoms with Crippen LogP contribution in [0.3, 0.4) is 0 Å². The molecular formula is C14H24N2O. The van der Waals surface area contributed by atoms with E-state index in [-0.39, 0.29) is 0 Å². The number of ether oxygens (including phenoxy) is 1. The smallest absolute Gasteiger partial charge is 0.220 e. The minimum absolute atomic E-state index is 0.518. The standard InChI is InChI=1S/C14H24N2O/c1-6-7-8-13-11(4)15-12(5)16-14(13)17-9-10(2)3/h10H,6-9H2,1-5H3. The molecule has 1 aromatic rings. The molecule has 0 fully saturated rings. The monoisotopic (exact) mass is 236 g/mol. The van der Waals surface area contributed by atoms with E-state index in [1.165, 1.54) is 12.0 Å². The number of rotatable bonds is 6. The van der Waals surface area contributed by atoms with Crippen molar-refractivity contribution < 1.29 is 4.74 Å². The molecule has 3 nitrogen and oxygen atoms in total. The second kappa shape index (κ2) is 6.58. The van der Waals surface area contributed by atoms with E-state index in [4.69, 9.17) is 4.74 Å². The minimum Gasteiger partial charge on any atom is -0.477 e. The molecule has 0 saturated carbocycles. The first-order valence-corrected chi connectivity index (χ1v) is 6.51. The Morgan fingerprint density at radius 2 is 1.88 bits per heavy atom. The van der Waals surface area contributed by atoms with Crippen LogP contribution in [0.2, 0.25) is 0 Å². The Bertz CT molecular complexity index is 361. The Balaban J connectivity index is 2.89. The van der Waals surface area contributed by atoms with E-state index in [1.54, 1.807) is 0 Å². The number of hydrogen-bond acceptors (Lipinski definition) is 3. The number of aryl methyl sites for hydroxylation is 2. The summed E-state index contributed by atoms with van der Waals surface area (Å²) in [6.07, 6.45) is 3.35. The molecule has 0 aromatic carbocycles. The second-order valence-corrected chi connectivity index (χ2v) is 4.95. The zero-order valence-electron chi connectivity index (χ0n) is 11.7. The molecule has 0 saturated heterocycles. The van der Waals surface area contributed by atoms with Crippen molar-refractivity contribution in [3.63, 3.8) is 0 Å². The van der Waals surface area contributed by atoms with Crippen LogP contribution in [0.4, 0.5) is 0 Å². The summed E-state index contributed by atoms with van der Waals surface area (Å²) in [6, 6.07) is 0. The second-order valence-electron chi connectivity index (χ2n) is 4.95. The highest BCUT2D eigenvalue weighted by Gasteiger charge is 2.11. The average Bonchev–Trinajstić information content (AvgIpc) is 2.24. The maximum absolute atomic E-state index is 5.81. The Morgan fingerprint density at radius 1 is 1.18 bits per heavy atom. The van der Waals surface area contributed by atoms with Crippen molar-refractivity contribution in [2.45, 2.75) is 53.9 Å². The van der Waals surface area contributed by atoms with Crippen LogP contribution in [0.15, 0.2) is 0 Å². The van der Waals surface area contributed by atoms with Gasteiger partial charge in [-0.15, -0.1) is 0 Å². The maximum Gasteiger partial charge on any atom is 0.220 e. The van der Waals surface area contributed by atoms with Crippen LogP contribution in [0, 0.1) is 19.8 Å². The molecule has 0 spiro atoms. The van der Waals surface area contributed by atoms with Crippen LogP contribution < -0.4 is 4.74 Å². The van der Waals surface area contributed by atoms with Crippen molar-refractivity contribution in [1.29, 1.82) is 0 Å².